The summed E-state index contributed by atoms with van der Waals surface area (Å²) in [6.07, 6.45) is 8.41. The van der Waals surface area contributed by atoms with Crippen molar-refractivity contribution in [1.82, 2.24) is 0 Å². The van der Waals surface area contributed by atoms with Crippen LogP contribution in [-0.4, -0.2) is 7.11 Å². The Hall–Kier alpha value is -0.940. The van der Waals surface area contributed by atoms with E-state index >= 15 is 0 Å². The third-order valence-electron chi connectivity index (χ3n) is 2.63. The average Bonchev–Trinajstić information content (AvgIpc) is 2.29. The molecule has 0 fully saturated rings. The van der Waals surface area contributed by atoms with Crippen molar-refractivity contribution in [2.45, 2.75) is 32.1 Å². The SMILES string of the molecule is C#CCC(CCC)c1cc(Br)ccc1OC. The van der Waals surface area contributed by atoms with Crippen LogP contribution in [0, 0.1) is 12.3 Å². The van der Waals surface area contributed by atoms with Gasteiger partial charge in [-0.05, 0) is 36.1 Å². The fourth-order valence-electron chi connectivity index (χ4n) is 1.88. The van der Waals surface area contributed by atoms with Crippen molar-refractivity contribution in [1.29, 1.82) is 0 Å². The zero-order chi connectivity index (χ0) is 12.0. The van der Waals surface area contributed by atoms with Gasteiger partial charge in [0.1, 0.15) is 5.75 Å². The molecule has 0 saturated carbocycles. The summed E-state index contributed by atoms with van der Waals surface area (Å²) >= 11 is 3.49. The van der Waals surface area contributed by atoms with Crippen LogP contribution in [0.1, 0.15) is 37.7 Å². The van der Waals surface area contributed by atoms with E-state index < -0.39 is 0 Å². The van der Waals surface area contributed by atoms with Crippen LogP contribution in [0.4, 0.5) is 0 Å². The Morgan fingerprint density at radius 2 is 2.25 bits per heavy atom. The van der Waals surface area contributed by atoms with Crippen molar-refractivity contribution < 1.29 is 4.74 Å². The molecule has 0 bridgehead atoms. The van der Waals surface area contributed by atoms with E-state index in [1.807, 2.05) is 12.1 Å². The fraction of sp³-hybridized carbons (Fsp3) is 0.429. The van der Waals surface area contributed by atoms with Gasteiger partial charge in [0.25, 0.3) is 0 Å². The first-order valence-electron chi connectivity index (χ1n) is 5.49. The van der Waals surface area contributed by atoms with Crippen molar-refractivity contribution >= 4 is 15.9 Å². The third-order valence-corrected chi connectivity index (χ3v) is 3.13. The van der Waals surface area contributed by atoms with Crippen LogP contribution in [-0.2, 0) is 0 Å². The van der Waals surface area contributed by atoms with Crippen molar-refractivity contribution in [3.8, 4) is 18.1 Å². The van der Waals surface area contributed by atoms with Gasteiger partial charge in [-0.2, -0.15) is 0 Å². The first-order valence-corrected chi connectivity index (χ1v) is 6.29. The molecule has 86 valence electrons. The van der Waals surface area contributed by atoms with E-state index in [2.05, 4.69) is 34.8 Å². The molecule has 1 aromatic carbocycles. The molecule has 1 unspecified atom stereocenters. The summed E-state index contributed by atoms with van der Waals surface area (Å²) in [5.41, 5.74) is 1.21. The lowest BCUT2D eigenvalue weighted by Gasteiger charge is -2.17. The summed E-state index contributed by atoms with van der Waals surface area (Å²) in [4.78, 5) is 0. The molecule has 0 heterocycles. The molecule has 1 aromatic rings. The van der Waals surface area contributed by atoms with Crippen molar-refractivity contribution in [3.63, 3.8) is 0 Å². The number of hydrogen-bond acceptors (Lipinski definition) is 1. The average molecular weight is 281 g/mol. The largest absolute Gasteiger partial charge is 0.496 e. The zero-order valence-electron chi connectivity index (χ0n) is 9.79. The smallest absolute Gasteiger partial charge is 0.122 e. The standard InChI is InChI=1S/C14H17BrO/c1-4-6-11(7-5-2)13-10-12(15)8-9-14(13)16-3/h1,8-11H,5-7H2,2-3H3. The van der Waals surface area contributed by atoms with Gasteiger partial charge in [0.2, 0.25) is 0 Å². The number of ether oxygens (including phenoxy) is 1. The molecule has 0 saturated heterocycles. The summed E-state index contributed by atoms with van der Waals surface area (Å²) in [7, 11) is 1.70. The molecule has 0 aliphatic heterocycles. The second-order valence-electron chi connectivity index (χ2n) is 3.78. The molecule has 0 aliphatic rings. The normalized spacial score (nSPS) is 11.9. The van der Waals surface area contributed by atoms with Gasteiger partial charge in [-0.1, -0.05) is 29.3 Å². The third kappa shape index (κ3) is 3.28. The molecular formula is C14H17BrO. The van der Waals surface area contributed by atoms with Crippen molar-refractivity contribution in [2.24, 2.45) is 0 Å². The van der Waals surface area contributed by atoms with Gasteiger partial charge in [0.15, 0.2) is 0 Å². The van der Waals surface area contributed by atoms with Gasteiger partial charge >= 0.3 is 0 Å². The number of hydrogen-bond donors (Lipinski definition) is 0. The van der Waals surface area contributed by atoms with E-state index in [0.29, 0.717) is 5.92 Å². The van der Waals surface area contributed by atoms with Crippen LogP contribution >= 0.6 is 15.9 Å². The number of halogens is 1. The molecule has 0 N–H and O–H groups in total. The minimum atomic E-state index is 0.391. The summed E-state index contributed by atoms with van der Waals surface area (Å²) in [6, 6.07) is 6.08. The van der Waals surface area contributed by atoms with Crippen LogP contribution in [0.5, 0.6) is 5.75 Å². The van der Waals surface area contributed by atoms with Crippen LogP contribution in [0.3, 0.4) is 0 Å². The van der Waals surface area contributed by atoms with E-state index in [-0.39, 0.29) is 0 Å². The van der Waals surface area contributed by atoms with E-state index in [0.717, 1.165) is 29.5 Å². The van der Waals surface area contributed by atoms with Gasteiger partial charge in [-0.25, -0.2) is 0 Å². The maximum Gasteiger partial charge on any atom is 0.122 e. The first kappa shape index (κ1) is 13.1. The molecule has 0 aromatic heterocycles. The summed E-state index contributed by atoms with van der Waals surface area (Å²) in [6.45, 7) is 2.17. The predicted octanol–water partition coefficient (Wildman–Crippen LogP) is 4.36. The second kappa shape index (κ2) is 6.60. The van der Waals surface area contributed by atoms with Gasteiger partial charge in [-0.3, -0.25) is 0 Å². The Morgan fingerprint density at radius 1 is 1.50 bits per heavy atom. The van der Waals surface area contributed by atoms with Crippen molar-refractivity contribution in [3.05, 3.63) is 28.2 Å². The molecule has 0 radical (unpaired) electrons. The molecule has 2 heteroatoms. The lowest BCUT2D eigenvalue weighted by atomic mass is 9.91. The number of rotatable bonds is 5. The van der Waals surface area contributed by atoms with E-state index in [4.69, 9.17) is 11.2 Å². The highest BCUT2D eigenvalue weighted by Crippen LogP contribution is 2.34. The Balaban J connectivity index is 3.06. The molecule has 1 atom stereocenters. The van der Waals surface area contributed by atoms with E-state index in [1.54, 1.807) is 7.11 Å². The predicted molar refractivity (Wildman–Crippen MR) is 71.8 cm³/mol. The number of benzene rings is 1. The molecule has 16 heavy (non-hydrogen) atoms. The highest BCUT2D eigenvalue weighted by molar-refractivity contribution is 9.10. The maximum absolute atomic E-state index is 5.42. The lowest BCUT2D eigenvalue weighted by molar-refractivity contribution is 0.403. The molecule has 1 rings (SSSR count). The van der Waals surface area contributed by atoms with Crippen LogP contribution < -0.4 is 4.74 Å². The maximum atomic E-state index is 5.42. The Bertz CT molecular complexity index is 379. The number of methoxy groups -OCH3 is 1. The van der Waals surface area contributed by atoms with Crippen LogP contribution in [0.2, 0.25) is 0 Å². The van der Waals surface area contributed by atoms with Crippen LogP contribution in [0.15, 0.2) is 22.7 Å². The minimum Gasteiger partial charge on any atom is -0.496 e. The first-order chi connectivity index (χ1) is 7.72. The highest BCUT2D eigenvalue weighted by Gasteiger charge is 2.14. The summed E-state index contributed by atoms with van der Waals surface area (Å²) in [5, 5.41) is 0. The molecule has 0 spiro atoms. The van der Waals surface area contributed by atoms with E-state index in [9.17, 15) is 0 Å². The van der Waals surface area contributed by atoms with Gasteiger partial charge in [-0.15, -0.1) is 12.3 Å². The molecular weight excluding hydrogens is 264 g/mol. The Morgan fingerprint density at radius 3 is 2.81 bits per heavy atom. The zero-order valence-corrected chi connectivity index (χ0v) is 11.4. The highest BCUT2D eigenvalue weighted by atomic mass is 79.9. The second-order valence-corrected chi connectivity index (χ2v) is 4.70. The lowest BCUT2D eigenvalue weighted by Crippen LogP contribution is -2.01. The summed E-state index contributed by atoms with van der Waals surface area (Å²) < 4.78 is 6.46. The quantitative estimate of drug-likeness (QED) is 0.728. The molecule has 1 nitrogen and oxygen atoms in total. The minimum absolute atomic E-state index is 0.391. The molecule has 0 aliphatic carbocycles. The Labute approximate surface area is 106 Å². The fourth-order valence-corrected chi connectivity index (χ4v) is 2.26. The van der Waals surface area contributed by atoms with Crippen LogP contribution in [0.25, 0.3) is 0 Å². The van der Waals surface area contributed by atoms with Crippen molar-refractivity contribution in [2.75, 3.05) is 7.11 Å². The Kier molecular flexibility index (Phi) is 5.42. The van der Waals surface area contributed by atoms with Gasteiger partial charge < -0.3 is 4.74 Å². The molecule has 0 amide bonds. The van der Waals surface area contributed by atoms with E-state index in [1.165, 1.54) is 5.56 Å². The van der Waals surface area contributed by atoms with Gasteiger partial charge in [0.05, 0.1) is 7.11 Å². The number of terminal acetylenes is 1. The summed E-state index contributed by atoms with van der Waals surface area (Å²) in [5.74, 6) is 4.07. The monoisotopic (exact) mass is 280 g/mol. The van der Waals surface area contributed by atoms with Gasteiger partial charge in [0, 0.05) is 10.9 Å². The topological polar surface area (TPSA) is 9.23 Å².